The van der Waals surface area contributed by atoms with Crippen molar-refractivity contribution >= 4 is 12.2 Å². The van der Waals surface area contributed by atoms with Crippen LogP contribution in [0, 0.1) is 11.8 Å². The van der Waals surface area contributed by atoms with Gasteiger partial charge in [-0.3, -0.25) is 0 Å². The molecular formula is C22H31FN2O2. The fourth-order valence-corrected chi connectivity index (χ4v) is 3.51. The molecule has 2 aliphatic rings. The normalized spacial score (nSPS) is 24.0. The van der Waals surface area contributed by atoms with Crippen LogP contribution in [-0.2, 0) is 4.74 Å². The highest BCUT2D eigenvalue weighted by Gasteiger charge is 2.40. The molecule has 2 atom stereocenters. The van der Waals surface area contributed by atoms with Crippen molar-refractivity contribution in [3.63, 3.8) is 0 Å². The standard InChI is InChI=1S/C22H31FN2O2/c1-22(2,3)27-21(26)25-11-9-17(10-12-25)15-24-20-14-18(20)19(23)13-16-7-5-4-6-8-16/h4-8,13,17-18,20,24H,9-12,14-15H2,1-3H3/b19-13-. The number of carbonyl (C=O) groups excluding carboxylic acids is 1. The fourth-order valence-electron chi connectivity index (χ4n) is 3.51. The van der Waals surface area contributed by atoms with Crippen molar-refractivity contribution in [2.75, 3.05) is 19.6 Å². The van der Waals surface area contributed by atoms with Crippen molar-refractivity contribution in [1.29, 1.82) is 0 Å². The van der Waals surface area contributed by atoms with E-state index in [1.54, 1.807) is 11.0 Å². The maximum atomic E-state index is 14.3. The van der Waals surface area contributed by atoms with E-state index in [4.69, 9.17) is 4.74 Å². The van der Waals surface area contributed by atoms with Crippen molar-refractivity contribution in [2.24, 2.45) is 11.8 Å². The third-order valence-electron chi connectivity index (χ3n) is 5.18. The van der Waals surface area contributed by atoms with E-state index in [0.29, 0.717) is 5.92 Å². The Balaban J connectivity index is 1.37. The topological polar surface area (TPSA) is 41.6 Å². The lowest BCUT2D eigenvalue weighted by atomic mass is 9.97. The number of carbonyl (C=O) groups is 1. The van der Waals surface area contributed by atoms with E-state index in [9.17, 15) is 9.18 Å². The minimum atomic E-state index is -0.451. The van der Waals surface area contributed by atoms with Crippen LogP contribution in [0.1, 0.15) is 45.6 Å². The molecular weight excluding hydrogens is 343 g/mol. The maximum Gasteiger partial charge on any atom is 0.410 e. The molecule has 1 heterocycles. The lowest BCUT2D eigenvalue weighted by molar-refractivity contribution is 0.0184. The number of nitrogens with one attached hydrogen (secondary N) is 1. The molecule has 0 radical (unpaired) electrons. The summed E-state index contributed by atoms with van der Waals surface area (Å²) in [4.78, 5) is 13.9. The first-order chi connectivity index (χ1) is 12.8. The first kappa shape index (κ1) is 19.9. The van der Waals surface area contributed by atoms with Crippen LogP contribution < -0.4 is 5.32 Å². The van der Waals surface area contributed by atoms with Crippen LogP contribution in [-0.4, -0.2) is 42.3 Å². The van der Waals surface area contributed by atoms with E-state index in [-0.39, 0.29) is 23.9 Å². The van der Waals surface area contributed by atoms with Gasteiger partial charge in [0, 0.05) is 25.0 Å². The molecule has 5 heteroatoms. The minimum absolute atomic E-state index is 0.00654. The molecule has 1 aliphatic heterocycles. The Hall–Kier alpha value is -1.88. The molecule has 1 aromatic carbocycles. The zero-order chi connectivity index (χ0) is 19.4. The molecule has 0 aromatic heterocycles. The van der Waals surface area contributed by atoms with Crippen LogP contribution in [0.25, 0.3) is 6.08 Å². The van der Waals surface area contributed by atoms with Gasteiger partial charge >= 0.3 is 6.09 Å². The Morgan fingerprint density at radius 3 is 2.56 bits per heavy atom. The van der Waals surface area contributed by atoms with E-state index in [1.807, 2.05) is 51.1 Å². The maximum absolute atomic E-state index is 14.3. The van der Waals surface area contributed by atoms with Gasteiger partial charge in [-0.05, 0) is 64.1 Å². The van der Waals surface area contributed by atoms with Gasteiger partial charge in [0.2, 0.25) is 0 Å². The number of rotatable bonds is 5. The molecule has 0 spiro atoms. The molecule has 1 saturated carbocycles. The summed E-state index contributed by atoms with van der Waals surface area (Å²) in [5.74, 6) is 0.511. The number of piperidine rings is 1. The van der Waals surface area contributed by atoms with Gasteiger partial charge in [-0.25, -0.2) is 9.18 Å². The molecule has 3 rings (SSSR count). The summed E-state index contributed by atoms with van der Waals surface area (Å²) in [6.07, 6.45) is 4.22. The molecule has 1 N–H and O–H groups in total. The first-order valence-corrected chi connectivity index (χ1v) is 9.95. The zero-order valence-electron chi connectivity index (χ0n) is 16.6. The number of benzene rings is 1. The van der Waals surface area contributed by atoms with Crippen molar-refractivity contribution in [2.45, 2.75) is 51.7 Å². The van der Waals surface area contributed by atoms with Crippen molar-refractivity contribution in [3.8, 4) is 0 Å². The summed E-state index contributed by atoms with van der Waals surface area (Å²) in [7, 11) is 0. The Labute approximate surface area is 161 Å². The third-order valence-corrected chi connectivity index (χ3v) is 5.18. The Kier molecular flexibility index (Phi) is 6.20. The quantitative estimate of drug-likeness (QED) is 0.817. The van der Waals surface area contributed by atoms with Crippen LogP contribution in [0.5, 0.6) is 0 Å². The van der Waals surface area contributed by atoms with Gasteiger partial charge in [-0.1, -0.05) is 30.3 Å². The predicted octanol–water partition coefficient (Wildman–Crippen LogP) is 4.62. The number of hydrogen-bond acceptors (Lipinski definition) is 3. The Morgan fingerprint density at radius 2 is 1.93 bits per heavy atom. The zero-order valence-corrected chi connectivity index (χ0v) is 16.6. The molecule has 1 saturated heterocycles. The summed E-state index contributed by atoms with van der Waals surface area (Å²) in [6, 6.07) is 9.86. The summed E-state index contributed by atoms with van der Waals surface area (Å²) >= 11 is 0. The second-order valence-electron chi connectivity index (χ2n) is 8.71. The van der Waals surface area contributed by atoms with E-state index >= 15 is 0 Å². The lowest BCUT2D eigenvalue weighted by Crippen LogP contribution is -2.43. The molecule has 148 valence electrons. The van der Waals surface area contributed by atoms with Crippen LogP contribution in [0.3, 0.4) is 0 Å². The molecule has 27 heavy (non-hydrogen) atoms. The summed E-state index contributed by atoms with van der Waals surface area (Å²) < 4.78 is 19.8. The molecule has 2 unspecified atom stereocenters. The number of hydrogen-bond donors (Lipinski definition) is 1. The van der Waals surface area contributed by atoms with Gasteiger partial charge in [0.25, 0.3) is 0 Å². The van der Waals surface area contributed by atoms with E-state index in [2.05, 4.69) is 5.32 Å². The highest BCUT2D eigenvalue weighted by Crippen LogP contribution is 2.39. The van der Waals surface area contributed by atoms with Crippen LogP contribution >= 0.6 is 0 Å². The fraction of sp³-hybridized carbons (Fsp3) is 0.591. The highest BCUT2D eigenvalue weighted by molar-refractivity contribution is 5.68. The van der Waals surface area contributed by atoms with Crippen molar-refractivity contribution < 1.29 is 13.9 Å². The number of ether oxygens (including phenoxy) is 1. The molecule has 4 nitrogen and oxygen atoms in total. The smallest absolute Gasteiger partial charge is 0.410 e. The molecule has 1 aromatic rings. The van der Waals surface area contributed by atoms with Crippen LogP contribution in [0.15, 0.2) is 36.2 Å². The molecule has 2 fully saturated rings. The second kappa shape index (κ2) is 8.42. The second-order valence-corrected chi connectivity index (χ2v) is 8.71. The van der Waals surface area contributed by atoms with Gasteiger partial charge in [-0.15, -0.1) is 0 Å². The first-order valence-electron chi connectivity index (χ1n) is 9.95. The number of halogens is 1. The monoisotopic (exact) mass is 374 g/mol. The van der Waals surface area contributed by atoms with Crippen LogP contribution in [0.4, 0.5) is 9.18 Å². The van der Waals surface area contributed by atoms with Gasteiger partial charge < -0.3 is 15.0 Å². The van der Waals surface area contributed by atoms with Gasteiger partial charge in [-0.2, -0.15) is 0 Å². The summed E-state index contributed by atoms with van der Waals surface area (Å²) in [5, 5.41) is 3.51. The van der Waals surface area contributed by atoms with Crippen molar-refractivity contribution in [1.82, 2.24) is 10.2 Å². The Bertz CT molecular complexity index is 661. The SMILES string of the molecule is CC(C)(C)OC(=O)N1CCC(CNC2CC2/C(F)=C/c2ccccc2)CC1. The largest absolute Gasteiger partial charge is 0.444 e. The number of nitrogens with zero attached hydrogens (tertiary/aromatic N) is 1. The van der Waals surface area contributed by atoms with Crippen molar-refractivity contribution in [3.05, 3.63) is 41.7 Å². The summed E-state index contributed by atoms with van der Waals surface area (Å²) in [5.41, 5.74) is 0.462. The number of amides is 1. The predicted molar refractivity (Wildman–Crippen MR) is 106 cm³/mol. The average molecular weight is 375 g/mol. The molecule has 1 aliphatic carbocycles. The van der Waals surface area contributed by atoms with E-state index in [0.717, 1.165) is 44.5 Å². The van der Waals surface area contributed by atoms with Gasteiger partial charge in [0.1, 0.15) is 11.4 Å². The van der Waals surface area contributed by atoms with E-state index < -0.39 is 5.60 Å². The lowest BCUT2D eigenvalue weighted by Gasteiger charge is -2.33. The third kappa shape index (κ3) is 6.06. The van der Waals surface area contributed by atoms with Gasteiger partial charge in [0.15, 0.2) is 0 Å². The van der Waals surface area contributed by atoms with E-state index in [1.165, 1.54) is 0 Å². The summed E-state index contributed by atoms with van der Waals surface area (Å²) in [6.45, 7) is 8.02. The highest BCUT2D eigenvalue weighted by atomic mass is 19.1. The average Bonchev–Trinajstić information content (AvgIpc) is 3.40. The number of likely N-dealkylation sites (tertiary alicyclic amines) is 1. The Morgan fingerprint density at radius 1 is 1.26 bits per heavy atom. The minimum Gasteiger partial charge on any atom is -0.444 e. The van der Waals surface area contributed by atoms with Gasteiger partial charge in [0.05, 0.1) is 0 Å². The van der Waals surface area contributed by atoms with Crippen LogP contribution in [0.2, 0.25) is 0 Å². The molecule has 1 amide bonds. The molecule has 0 bridgehead atoms.